The maximum atomic E-state index is 12.1. The first-order valence-corrected chi connectivity index (χ1v) is 8.08. The normalized spacial score (nSPS) is 20.8. The quantitative estimate of drug-likeness (QED) is 0.862. The molecule has 1 aromatic rings. The van der Waals surface area contributed by atoms with Crippen LogP contribution in [0.3, 0.4) is 0 Å². The average molecular weight is 319 g/mol. The number of nitrogens with one attached hydrogen (secondary N) is 1. The van der Waals surface area contributed by atoms with Crippen LogP contribution in [0.25, 0.3) is 0 Å². The zero-order valence-corrected chi connectivity index (χ0v) is 14.0. The predicted octanol–water partition coefficient (Wildman–Crippen LogP) is 3.54. The van der Waals surface area contributed by atoms with Crippen LogP contribution in [-0.2, 0) is 9.47 Å². The van der Waals surface area contributed by atoms with Crippen LogP contribution in [0.1, 0.15) is 50.4 Å². The summed E-state index contributed by atoms with van der Waals surface area (Å²) in [6.45, 7) is 5.94. The molecule has 1 fully saturated rings. The minimum absolute atomic E-state index is 0.134. The van der Waals surface area contributed by atoms with E-state index in [0.29, 0.717) is 12.1 Å². The van der Waals surface area contributed by atoms with Gasteiger partial charge in [0.15, 0.2) is 0 Å². The van der Waals surface area contributed by atoms with E-state index in [4.69, 9.17) is 9.47 Å². The van der Waals surface area contributed by atoms with E-state index in [-0.39, 0.29) is 18.0 Å². The SMILES string of the molecule is CC(C)(C)OC(=O)NCC1CCCC1OC(=O)c1ccccc1. The number of carbonyl (C=O) groups is 2. The molecule has 0 radical (unpaired) electrons. The van der Waals surface area contributed by atoms with Gasteiger partial charge in [-0.3, -0.25) is 0 Å². The Bertz CT molecular complexity index is 536. The van der Waals surface area contributed by atoms with E-state index in [2.05, 4.69) is 5.32 Å². The second-order valence-corrected chi connectivity index (χ2v) is 6.88. The molecule has 126 valence electrons. The van der Waals surface area contributed by atoms with Crippen molar-refractivity contribution in [1.29, 1.82) is 0 Å². The van der Waals surface area contributed by atoms with E-state index >= 15 is 0 Å². The second-order valence-electron chi connectivity index (χ2n) is 6.88. The minimum Gasteiger partial charge on any atom is -0.458 e. The Balaban J connectivity index is 1.83. The first-order valence-electron chi connectivity index (χ1n) is 8.08. The van der Waals surface area contributed by atoms with Crippen LogP contribution in [-0.4, -0.2) is 30.3 Å². The molecule has 1 aromatic carbocycles. The summed E-state index contributed by atoms with van der Waals surface area (Å²) in [4.78, 5) is 23.9. The van der Waals surface area contributed by atoms with Gasteiger partial charge in [-0.2, -0.15) is 0 Å². The summed E-state index contributed by atoms with van der Waals surface area (Å²) < 4.78 is 10.8. The van der Waals surface area contributed by atoms with Gasteiger partial charge in [-0.1, -0.05) is 18.2 Å². The molecule has 2 rings (SSSR count). The van der Waals surface area contributed by atoms with Crippen LogP contribution in [0.2, 0.25) is 0 Å². The maximum absolute atomic E-state index is 12.1. The van der Waals surface area contributed by atoms with E-state index in [1.807, 2.05) is 39.0 Å². The fourth-order valence-corrected chi connectivity index (χ4v) is 2.70. The van der Waals surface area contributed by atoms with Crippen LogP contribution in [0, 0.1) is 5.92 Å². The summed E-state index contributed by atoms with van der Waals surface area (Å²) in [6.07, 6.45) is 2.17. The number of esters is 1. The van der Waals surface area contributed by atoms with Crippen LogP contribution in [0.5, 0.6) is 0 Å². The number of benzene rings is 1. The largest absolute Gasteiger partial charge is 0.458 e. The lowest BCUT2D eigenvalue weighted by atomic mass is 10.1. The fraction of sp³-hybridized carbons (Fsp3) is 0.556. The number of hydrogen-bond donors (Lipinski definition) is 1. The van der Waals surface area contributed by atoms with Crippen molar-refractivity contribution in [2.24, 2.45) is 5.92 Å². The number of hydrogen-bond acceptors (Lipinski definition) is 4. The van der Waals surface area contributed by atoms with Crippen LogP contribution < -0.4 is 5.32 Å². The van der Waals surface area contributed by atoms with Gasteiger partial charge in [0, 0.05) is 12.5 Å². The van der Waals surface area contributed by atoms with Crippen LogP contribution in [0.15, 0.2) is 30.3 Å². The molecule has 1 amide bonds. The number of carbonyl (C=O) groups excluding carboxylic acids is 2. The predicted molar refractivity (Wildman–Crippen MR) is 87.2 cm³/mol. The smallest absolute Gasteiger partial charge is 0.407 e. The molecule has 0 spiro atoms. The molecular formula is C18H25NO4. The lowest BCUT2D eigenvalue weighted by Crippen LogP contribution is -2.37. The Hall–Kier alpha value is -2.04. The zero-order valence-electron chi connectivity index (χ0n) is 14.0. The van der Waals surface area contributed by atoms with Crippen LogP contribution in [0.4, 0.5) is 4.79 Å². The van der Waals surface area contributed by atoms with Crippen molar-refractivity contribution < 1.29 is 19.1 Å². The molecule has 5 nitrogen and oxygen atoms in total. The number of ether oxygens (including phenoxy) is 2. The van der Waals surface area contributed by atoms with Gasteiger partial charge in [-0.25, -0.2) is 9.59 Å². The summed E-state index contributed by atoms with van der Waals surface area (Å²) in [5.41, 5.74) is 0.0390. The van der Waals surface area contributed by atoms with Gasteiger partial charge in [0.1, 0.15) is 11.7 Å². The molecule has 0 aliphatic heterocycles. The number of alkyl carbamates (subject to hydrolysis) is 1. The van der Waals surface area contributed by atoms with Crippen molar-refractivity contribution in [1.82, 2.24) is 5.32 Å². The molecule has 2 atom stereocenters. The summed E-state index contributed by atoms with van der Waals surface area (Å²) in [7, 11) is 0. The summed E-state index contributed by atoms with van der Waals surface area (Å²) >= 11 is 0. The molecule has 5 heteroatoms. The van der Waals surface area contributed by atoms with Crippen molar-refractivity contribution >= 4 is 12.1 Å². The Labute approximate surface area is 137 Å². The van der Waals surface area contributed by atoms with Crippen molar-refractivity contribution in [3.63, 3.8) is 0 Å². The Morgan fingerprint density at radius 1 is 1.17 bits per heavy atom. The highest BCUT2D eigenvalue weighted by atomic mass is 16.6. The van der Waals surface area contributed by atoms with Gasteiger partial charge in [0.25, 0.3) is 0 Å². The highest BCUT2D eigenvalue weighted by Gasteiger charge is 2.31. The Morgan fingerprint density at radius 3 is 2.52 bits per heavy atom. The van der Waals surface area contributed by atoms with E-state index in [9.17, 15) is 9.59 Å². The minimum atomic E-state index is -0.515. The van der Waals surface area contributed by atoms with Crippen LogP contribution >= 0.6 is 0 Å². The molecule has 2 unspecified atom stereocenters. The molecule has 1 N–H and O–H groups in total. The highest BCUT2D eigenvalue weighted by molar-refractivity contribution is 5.89. The summed E-state index contributed by atoms with van der Waals surface area (Å²) in [5.74, 6) is -0.171. The van der Waals surface area contributed by atoms with Gasteiger partial charge < -0.3 is 14.8 Å². The molecule has 1 aliphatic rings. The van der Waals surface area contributed by atoms with Crippen molar-refractivity contribution in [3.05, 3.63) is 35.9 Å². The van der Waals surface area contributed by atoms with Crippen molar-refractivity contribution in [2.75, 3.05) is 6.54 Å². The third-order valence-corrected chi connectivity index (χ3v) is 3.76. The average Bonchev–Trinajstić information content (AvgIpc) is 2.91. The monoisotopic (exact) mass is 319 g/mol. The zero-order chi connectivity index (χ0) is 16.9. The van der Waals surface area contributed by atoms with Gasteiger partial charge in [-0.15, -0.1) is 0 Å². The van der Waals surface area contributed by atoms with Gasteiger partial charge >= 0.3 is 12.1 Å². The van der Waals surface area contributed by atoms with Crippen molar-refractivity contribution in [2.45, 2.75) is 51.7 Å². The first-order chi connectivity index (χ1) is 10.8. The first kappa shape index (κ1) is 17.3. The maximum Gasteiger partial charge on any atom is 0.407 e. The van der Waals surface area contributed by atoms with E-state index in [0.717, 1.165) is 19.3 Å². The third kappa shape index (κ3) is 5.58. The second kappa shape index (κ2) is 7.49. The Morgan fingerprint density at radius 2 is 1.87 bits per heavy atom. The summed E-state index contributed by atoms with van der Waals surface area (Å²) in [5, 5.41) is 2.77. The van der Waals surface area contributed by atoms with Gasteiger partial charge in [0.05, 0.1) is 5.56 Å². The molecule has 0 heterocycles. The molecule has 23 heavy (non-hydrogen) atoms. The standard InChI is InChI=1S/C18H25NO4/c1-18(2,3)23-17(21)19-12-14-10-7-11-15(14)22-16(20)13-8-5-4-6-9-13/h4-6,8-9,14-15H,7,10-12H2,1-3H3,(H,19,21). The van der Waals surface area contributed by atoms with Crippen molar-refractivity contribution in [3.8, 4) is 0 Å². The van der Waals surface area contributed by atoms with E-state index < -0.39 is 11.7 Å². The fourth-order valence-electron chi connectivity index (χ4n) is 2.70. The highest BCUT2D eigenvalue weighted by Crippen LogP contribution is 2.28. The molecule has 1 aliphatic carbocycles. The molecule has 1 saturated carbocycles. The summed E-state index contributed by atoms with van der Waals surface area (Å²) in [6, 6.07) is 8.97. The molecular weight excluding hydrogens is 294 g/mol. The van der Waals surface area contributed by atoms with E-state index in [1.165, 1.54) is 0 Å². The number of rotatable bonds is 4. The topological polar surface area (TPSA) is 64.6 Å². The third-order valence-electron chi connectivity index (χ3n) is 3.76. The lowest BCUT2D eigenvalue weighted by molar-refractivity contribution is 0.0198. The molecule has 0 bridgehead atoms. The number of amides is 1. The van der Waals surface area contributed by atoms with Gasteiger partial charge in [-0.05, 0) is 52.2 Å². The van der Waals surface area contributed by atoms with E-state index in [1.54, 1.807) is 12.1 Å². The molecule has 0 saturated heterocycles. The molecule has 0 aromatic heterocycles. The lowest BCUT2D eigenvalue weighted by Gasteiger charge is -2.23. The Kier molecular flexibility index (Phi) is 5.64. The van der Waals surface area contributed by atoms with Gasteiger partial charge in [0.2, 0.25) is 0 Å².